The maximum absolute atomic E-state index is 5.92. The van der Waals surface area contributed by atoms with E-state index < -0.39 is 0 Å². The van der Waals surface area contributed by atoms with Crippen molar-refractivity contribution in [2.45, 2.75) is 44.8 Å². The van der Waals surface area contributed by atoms with Crippen molar-refractivity contribution in [1.82, 2.24) is 15.0 Å². The highest BCUT2D eigenvalue weighted by atomic mass is 16.5. The Morgan fingerprint density at radius 2 is 2.21 bits per heavy atom. The topological polar surface area (TPSA) is 39.9 Å². The van der Waals surface area contributed by atoms with Gasteiger partial charge in [0.05, 0.1) is 24.9 Å². The van der Waals surface area contributed by atoms with Gasteiger partial charge in [-0.05, 0) is 56.2 Å². The summed E-state index contributed by atoms with van der Waals surface area (Å²) >= 11 is 0. The molecule has 0 spiro atoms. The SMILES string of the molecule is Cc1cc(C#CC2CC2)ccc1-c1cn(CC23CC(CO2)C3)nn1. The van der Waals surface area contributed by atoms with Gasteiger partial charge < -0.3 is 4.74 Å². The Labute approximate surface area is 142 Å². The highest BCUT2D eigenvalue weighted by Gasteiger charge is 2.52. The molecule has 2 saturated carbocycles. The van der Waals surface area contributed by atoms with Crippen LogP contribution in [0.4, 0.5) is 0 Å². The lowest BCUT2D eigenvalue weighted by Crippen LogP contribution is -2.40. The predicted octanol–water partition coefficient (Wildman–Crippen LogP) is 3.19. The summed E-state index contributed by atoms with van der Waals surface area (Å²) in [4.78, 5) is 0. The van der Waals surface area contributed by atoms with Crippen LogP contribution in [-0.4, -0.2) is 27.2 Å². The first kappa shape index (κ1) is 14.2. The third-order valence-corrected chi connectivity index (χ3v) is 5.44. The van der Waals surface area contributed by atoms with Gasteiger partial charge in [0.25, 0.3) is 0 Å². The Hall–Kier alpha value is -2.12. The minimum absolute atomic E-state index is 0.0347. The van der Waals surface area contributed by atoms with Crippen molar-refractivity contribution in [3.63, 3.8) is 0 Å². The van der Waals surface area contributed by atoms with Gasteiger partial charge in [0.1, 0.15) is 5.69 Å². The Balaban J connectivity index is 1.35. The summed E-state index contributed by atoms with van der Waals surface area (Å²) in [5, 5.41) is 8.69. The van der Waals surface area contributed by atoms with Gasteiger partial charge in [0.2, 0.25) is 0 Å². The molecule has 4 fully saturated rings. The minimum Gasteiger partial charge on any atom is -0.373 e. The van der Waals surface area contributed by atoms with E-state index in [4.69, 9.17) is 4.74 Å². The average molecular weight is 319 g/mol. The van der Waals surface area contributed by atoms with Crippen LogP contribution in [0.25, 0.3) is 11.3 Å². The van der Waals surface area contributed by atoms with Crippen molar-refractivity contribution in [2.75, 3.05) is 6.61 Å². The second kappa shape index (κ2) is 5.19. The van der Waals surface area contributed by atoms with Crippen LogP contribution in [0, 0.1) is 30.6 Å². The molecule has 4 aliphatic rings. The van der Waals surface area contributed by atoms with Gasteiger partial charge in [-0.1, -0.05) is 23.1 Å². The molecule has 0 N–H and O–H groups in total. The maximum Gasteiger partial charge on any atom is 0.113 e. The largest absolute Gasteiger partial charge is 0.373 e. The molecule has 0 atom stereocenters. The molecule has 1 aromatic heterocycles. The first-order chi connectivity index (χ1) is 11.7. The number of rotatable bonds is 3. The van der Waals surface area contributed by atoms with E-state index in [1.807, 2.05) is 10.9 Å². The molecule has 122 valence electrons. The smallest absolute Gasteiger partial charge is 0.113 e. The van der Waals surface area contributed by atoms with Crippen LogP contribution in [0.5, 0.6) is 0 Å². The van der Waals surface area contributed by atoms with Gasteiger partial charge >= 0.3 is 0 Å². The van der Waals surface area contributed by atoms with Crippen LogP contribution in [0.1, 0.15) is 36.8 Å². The number of aryl methyl sites for hydroxylation is 1. The first-order valence-corrected chi connectivity index (χ1v) is 8.86. The van der Waals surface area contributed by atoms with Gasteiger partial charge in [0.15, 0.2) is 0 Å². The predicted molar refractivity (Wildman–Crippen MR) is 91.2 cm³/mol. The van der Waals surface area contributed by atoms with Crippen molar-refractivity contribution in [1.29, 1.82) is 0 Å². The summed E-state index contributed by atoms with van der Waals surface area (Å²) in [6.07, 6.45) is 6.92. The number of benzene rings is 1. The molecule has 2 aromatic rings. The zero-order valence-corrected chi connectivity index (χ0v) is 14.0. The van der Waals surface area contributed by atoms with E-state index >= 15 is 0 Å². The molecule has 1 aromatic carbocycles. The molecule has 4 heteroatoms. The summed E-state index contributed by atoms with van der Waals surface area (Å²) < 4.78 is 7.86. The van der Waals surface area contributed by atoms with E-state index in [1.165, 1.54) is 31.2 Å². The van der Waals surface area contributed by atoms with Crippen molar-refractivity contribution < 1.29 is 4.74 Å². The minimum atomic E-state index is 0.0347. The maximum atomic E-state index is 5.92. The molecule has 6 rings (SSSR count). The van der Waals surface area contributed by atoms with Crippen molar-refractivity contribution >= 4 is 0 Å². The summed E-state index contributed by atoms with van der Waals surface area (Å²) in [5.41, 5.74) is 4.39. The molecule has 4 nitrogen and oxygen atoms in total. The van der Waals surface area contributed by atoms with E-state index in [0.717, 1.165) is 35.9 Å². The van der Waals surface area contributed by atoms with Crippen LogP contribution in [0.2, 0.25) is 0 Å². The third kappa shape index (κ3) is 2.53. The van der Waals surface area contributed by atoms with Gasteiger partial charge in [-0.2, -0.15) is 0 Å². The highest BCUT2D eigenvalue weighted by Crippen LogP contribution is 2.49. The van der Waals surface area contributed by atoms with E-state index in [0.29, 0.717) is 5.92 Å². The molecule has 3 heterocycles. The Morgan fingerprint density at radius 3 is 2.92 bits per heavy atom. The second-order valence-electron chi connectivity index (χ2n) is 7.64. The zero-order valence-electron chi connectivity index (χ0n) is 14.0. The van der Waals surface area contributed by atoms with Crippen LogP contribution >= 0.6 is 0 Å². The van der Waals surface area contributed by atoms with Gasteiger partial charge in [-0.3, -0.25) is 0 Å². The second-order valence-corrected chi connectivity index (χ2v) is 7.64. The Kier molecular flexibility index (Phi) is 3.08. The summed E-state index contributed by atoms with van der Waals surface area (Å²) in [6.45, 7) is 3.86. The highest BCUT2D eigenvalue weighted by molar-refractivity contribution is 5.64. The van der Waals surface area contributed by atoms with Crippen LogP contribution in [0.3, 0.4) is 0 Å². The number of hydrogen-bond donors (Lipinski definition) is 0. The van der Waals surface area contributed by atoms with Crippen molar-refractivity contribution in [2.24, 2.45) is 11.8 Å². The van der Waals surface area contributed by atoms with E-state index in [9.17, 15) is 0 Å². The monoisotopic (exact) mass is 319 g/mol. The number of hydrogen-bond acceptors (Lipinski definition) is 3. The lowest BCUT2D eigenvalue weighted by Gasteiger charge is -2.35. The average Bonchev–Trinajstić information content (AvgIpc) is 2.92. The fourth-order valence-corrected chi connectivity index (χ4v) is 3.93. The van der Waals surface area contributed by atoms with E-state index in [-0.39, 0.29) is 5.60 Å². The number of nitrogens with zero attached hydrogens (tertiary/aromatic N) is 3. The molecule has 2 saturated heterocycles. The fourth-order valence-electron chi connectivity index (χ4n) is 3.93. The van der Waals surface area contributed by atoms with Gasteiger partial charge in [0, 0.05) is 17.0 Å². The first-order valence-electron chi connectivity index (χ1n) is 8.86. The Morgan fingerprint density at radius 1 is 1.33 bits per heavy atom. The molecule has 2 aliphatic carbocycles. The lowest BCUT2D eigenvalue weighted by molar-refractivity contribution is -0.0167. The molecular weight excluding hydrogens is 298 g/mol. The molecular formula is C20H21N3O. The van der Waals surface area contributed by atoms with E-state index in [1.54, 1.807) is 0 Å². The molecule has 24 heavy (non-hydrogen) atoms. The molecule has 0 unspecified atom stereocenters. The molecule has 2 bridgehead atoms. The van der Waals surface area contributed by atoms with Crippen molar-refractivity contribution in [3.05, 3.63) is 35.5 Å². The molecule has 0 amide bonds. The van der Waals surface area contributed by atoms with Crippen LogP contribution < -0.4 is 0 Å². The summed E-state index contributed by atoms with van der Waals surface area (Å²) in [6, 6.07) is 6.36. The normalized spacial score (nSPS) is 27.5. The quantitative estimate of drug-likeness (QED) is 0.816. The molecule has 0 radical (unpaired) electrons. The van der Waals surface area contributed by atoms with Gasteiger partial charge in [-0.25, -0.2) is 4.68 Å². The molecule has 2 aliphatic heterocycles. The standard InChI is InChI=1S/C20H21N3O/c1-14-8-16(5-4-15-2-3-15)6-7-18(14)19-11-23(22-21-19)13-20-9-17(10-20)12-24-20/h6-8,11,15,17H,2-3,9-10,12-13H2,1H3. The lowest BCUT2D eigenvalue weighted by atomic mass is 9.74. The number of aromatic nitrogens is 3. The summed E-state index contributed by atoms with van der Waals surface area (Å²) in [7, 11) is 0. The number of ether oxygens (including phenoxy) is 1. The summed E-state index contributed by atoms with van der Waals surface area (Å²) in [5.74, 6) is 8.01. The van der Waals surface area contributed by atoms with Crippen LogP contribution in [-0.2, 0) is 11.3 Å². The fraction of sp³-hybridized carbons (Fsp3) is 0.500. The van der Waals surface area contributed by atoms with E-state index in [2.05, 4.69) is 47.3 Å². The van der Waals surface area contributed by atoms with Gasteiger partial charge in [-0.15, -0.1) is 5.10 Å². The number of fused-ring (bicyclic) bond motifs is 1. The Bertz CT molecular complexity index is 842. The van der Waals surface area contributed by atoms with Crippen molar-refractivity contribution in [3.8, 4) is 23.1 Å². The van der Waals surface area contributed by atoms with Crippen LogP contribution in [0.15, 0.2) is 24.4 Å². The zero-order chi connectivity index (χ0) is 16.1. The third-order valence-electron chi connectivity index (χ3n) is 5.44.